The van der Waals surface area contributed by atoms with Crippen LogP contribution in [0.4, 0.5) is 15.6 Å². The number of ether oxygens (including phenoxy) is 1. The molecule has 3 aromatic carbocycles. The van der Waals surface area contributed by atoms with E-state index in [-0.39, 0.29) is 30.7 Å². The first-order chi connectivity index (χ1) is 23.8. The molecule has 11 nitrogen and oxygen atoms in total. The van der Waals surface area contributed by atoms with Crippen LogP contribution in [0.5, 0.6) is 10.8 Å². The van der Waals surface area contributed by atoms with Crippen molar-refractivity contribution in [2.45, 2.75) is 64.8 Å². The van der Waals surface area contributed by atoms with Gasteiger partial charge < -0.3 is 30.2 Å². The zero-order valence-corrected chi connectivity index (χ0v) is 28.5. The molecule has 6 rings (SSSR count). The standard InChI is InChI=1S/C37H42N6O5S/c1-3-27(4-2)39-36(47)40-28-11-14-33(25(19-28)23-44)48-34-20-38-37(49-34)41-35(46)24-9-12-29(13-10-24)43-22-26(31-7-5-6-8-32(31)43)21-42-17-15-30(45)16-18-42/h5-14,19-20,22,27,30,44-45H,3-4,15-18,21,23H2,1-2H3,(H,38,41,46)(H2,39,40,47). The first kappa shape index (κ1) is 34.1. The minimum absolute atomic E-state index is 0.0896. The monoisotopic (exact) mass is 682 g/mol. The molecule has 5 N–H and O–H groups in total. The maximum absolute atomic E-state index is 13.1. The first-order valence-corrected chi connectivity index (χ1v) is 17.5. The summed E-state index contributed by atoms with van der Waals surface area (Å²) in [7, 11) is 0. The summed E-state index contributed by atoms with van der Waals surface area (Å²) in [4.78, 5) is 32.2. The predicted octanol–water partition coefficient (Wildman–Crippen LogP) is 6.89. The van der Waals surface area contributed by atoms with Gasteiger partial charge in [0.25, 0.3) is 5.91 Å². The molecular formula is C37H42N6O5S. The first-order valence-electron chi connectivity index (χ1n) is 16.7. The van der Waals surface area contributed by atoms with Crippen LogP contribution in [0.25, 0.3) is 16.6 Å². The molecule has 0 atom stereocenters. The Morgan fingerprint density at radius 1 is 1.00 bits per heavy atom. The van der Waals surface area contributed by atoms with E-state index >= 15 is 0 Å². The van der Waals surface area contributed by atoms with Gasteiger partial charge in [0.05, 0.1) is 24.4 Å². The molecule has 0 unspecified atom stereocenters. The van der Waals surface area contributed by atoms with Crippen molar-refractivity contribution in [1.82, 2.24) is 19.8 Å². The van der Waals surface area contributed by atoms with Gasteiger partial charge in [0.15, 0.2) is 5.13 Å². The Morgan fingerprint density at radius 3 is 2.49 bits per heavy atom. The van der Waals surface area contributed by atoms with Crippen LogP contribution < -0.4 is 20.7 Å². The Morgan fingerprint density at radius 2 is 1.76 bits per heavy atom. The van der Waals surface area contributed by atoms with Crippen molar-refractivity contribution >= 4 is 45.0 Å². The highest BCUT2D eigenvalue weighted by atomic mass is 32.1. The number of hydrogen-bond donors (Lipinski definition) is 5. The van der Waals surface area contributed by atoms with Crippen molar-refractivity contribution in [3.63, 3.8) is 0 Å². The number of thiazole rings is 1. The molecule has 1 saturated heterocycles. The molecule has 0 bridgehead atoms. The number of fused-ring (bicyclic) bond motifs is 1. The van der Waals surface area contributed by atoms with Crippen LogP contribution in [-0.2, 0) is 13.2 Å². The number of carbonyl (C=O) groups excluding carboxylic acids is 2. The molecule has 3 amide bonds. The molecule has 3 heterocycles. The number of hydrogen-bond acceptors (Lipinski definition) is 8. The lowest BCUT2D eigenvalue weighted by Crippen LogP contribution is -2.37. The summed E-state index contributed by atoms with van der Waals surface area (Å²) >= 11 is 1.17. The number of anilines is 2. The lowest BCUT2D eigenvalue weighted by molar-refractivity contribution is 0.0794. The summed E-state index contributed by atoms with van der Waals surface area (Å²) in [6.07, 6.45) is 6.75. The van der Waals surface area contributed by atoms with Crippen LogP contribution in [0.1, 0.15) is 61.0 Å². The van der Waals surface area contributed by atoms with Gasteiger partial charge >= 0.3 is 6.03 Å². The third-order valence-electron chi connectivity index (χ3n) is 8.88. The van der Waals surface area contributed by atoms with E-state index in [2.05, 4.69) is 54.8 Å². The SMILES string of the molecule is CCC(CC)NC(=O)Nc1ccc(Oc2cnc(NC(=O)c3ccc(-n4cc(CN5CCC(O)CC5)c5ccccc54)cc3)s2)c(CO)c1. The second-order valence-corrected chi connectivity index (χ2v) is 13.2. The number of amides is 3. The molecule has 49 heavy (non-hydrogen) atoms. The predicted molar refractivity (Wildman–Crippen MR) is 193 cm³/mol. The van der Waals surface area contributed by atoms with E-state index in [9.17, 15) is 19.8 Å². The number of aromatic nitrogens is 2. The Kier molecular flexibility index (Phi) is 10.9. The smallest absolute Gasteiger partial charge is 0.319 e. The van der Waals surface area contributed by atoms with Crippen molar-refractivity contribution in [1.29, 1.82) is 0 Å². The molecule has 1 fully saturated rings. The molecule has 12 heteroatoms. The highest BCUT2D eigenvalue weighted by molar-refractivity contribution is 7.17. The van der Waals surface area contributed by atoms with E-state index in [1.165, 1.54) is 28.5 Å². The van der Waals surface area contributed by atoms with Gasteiger partial charge in [-0.15, -0.1) is 0 Å². The normalized spacial score (nSPS) is 13.9. The Balaban J connectivity index is 1.09. The number of carbonyl (C=O) groups is 2. The van der Waals surface area contributed by atoms with Gasteiger partial charge in [0, 0.05) is 59.8 Å². The number of benzene rings is 3. The average Bonchev–Trinajstić information content (AvgIpc) is 3.72. The number of nitrogens with zero attached hydrogens (tertiary/aromatic N) is 3. The van der Waals surface area contributed by atoms with Gasteiger partial charge in [-0.3, -0.25) is 15.0 Å². The van der Waals surface area contributed by atoms with Gasteiger partial charge in [-0.05, 0) is 79.8 Å². The van der Waals surface area contributed by atoms with Crippen LogP contribution >= 0.6 is 11.3 Å². The largest absolute Gasteiger partial charge is 0.445 e. The maximum atomic E-state index is 13.1. The van der Waals surface area contributed by atoms with Crippen molar-refractivity contribution in [3.8, 4) is 16.5 Å². The van der Waals surface area contributed by atoms with E-state index in [1.807, 2.05) is 32.0 Å². The van der Waals surface area contributed by atoms with Crippen LogP contribution in [0.15, 0.2) is 79.1 Å². The van der Waals surface area contributed by atoms with Crippen LogP contribution in [-0.4, -0.2) is 61.8 Å². The highest BCUT2D eigenvalue weighted by Crippen LogP contribution is 2.34. The summed E-state index contributed by atoms with van der Waals surface area (Å²) < 4.78 is 8.14. The second kappa shape index (κ2) is 15.6. The summed E-state index contributed by atoms with van der Waals surface area (Å²) in [5.41, 5.74) is 4.80. The highest BCUT2D eigenvalue weighted by Gasteiger charge is 2.20. The molecule has 0 radical (unpaired) electrons. The van der Waals surface area contributed by atoms with Gasteiger partial charge in [-0.25, -0.2) is 9.78 Å². The molecule has 1 aliphatic rings. The second-order valence-electron chi connectivity index (χ2n) is 12.2. The number of likely N-dealkylation sites (tertiary alicyclic amines) is 1. The lowest BCUT2D eigenvalue weighted by atomic mass is 10.1. The van der Waals surface area contributed by atoms with E-state index in [1.54, 1.807) is 30.3 Å². The quantitative estimate of drug-likeness (QED) is 0.0965. The number of rotatable bonds is 12. The van der Waals surface area contributed by atoms with Crippen molar-refractivity contribution < 1.29 is 24.5 Å². The lowest BCUT2D eigenvalue weighted by Gasteiger charge is -2.29. The zero-order chi connectivity index (χ0) is 34.3. The fourth-order valence-corrected chi connectivity index (χ4v) is 6.73. The molecule has 2 aromatic heterocycles. The van der Waals surface area contributed by atoms with Crippen LogP contribution in [0.3, 0.4) is 0 Å². The van der Waals surface area contributed by atoms with Gasteiger partial charge in [-0.1, -0.05) is 43.4 Å². The summed E-state index contributed by atoms with van der Waals surface area (Å²) in [6, 6.07) is 20.6. The van der Waals surface area contributed by atoms with Crippen LogP contribution in [0.2, 0.25) is 0 Å². The number of piperidine rings is 1. The maximum Gasteiger partial charge on any atom is 0.319 e. The van der Waals surface area contributed by atoms with E-state index in [0.29, 0.717) is 32.8 Å². The molecule has 0 saturated carbocycles. The summed E-state index contributed by atoms with van der Waals surface area (Å²) in [5, 5.41) is 30.4. The number of urea groups is 1. The van der Waals surface area contributed by atoms with E-state index < -0.39 is 0 Å². The third-order valence-corrected chi connectivity index (χ3v) is 9.67. The number of nitrogens with one attached hydrogen (secondary N) is 3. The fraction of sp³-hybridized carbons (Fsp3) is 0.324. The Labute approximate surface area is 289 Å². The van der Waals surface area contributed by atoms with Crippen molar-refractivity contribution in [2.24, 2.45) is 0 Å². The van der Waals surface area contributed by atoms with Crippen molar-refractivity contribution in [2.75, 3.05) is 23.7 Å². The zero-order valence-electron chi connectivity index (χ0n) is 27.7. The minimum Gasteiger partial charge on any atom is -0.445 e. The molecule has 5 aromatic rings. The van der Waals surface area contributed by atoms with Gasteiger partial charge in [0.1, 0.15) is 5.75 Å². The fourth-order valence-electron chi connectivity index (χ4n) is 6.05. The third kappa shape index (κ3) is 8.28. The minimum atomic E-state index is -0.304. The van der Waals surface area contributed by atoms with Gasteiger partial charge in [0.2, 0.25) is 5.06 Å². The molecular weight excluding hydrogens is 641 g/mol. The summed E-state index contributed by atoms with van der Waals surface area (Å²) in [6.45, 7) is 6.33. The van der Waals surface area contributed by atoms with E-state index in [0.717, 1.165) is 56.5 Å². The van der Waals surface area contributed by atoms with E-state index in [4.69, 9.17) is 4.74 Å². The summed E-state index contributed by atoms with van der Waals surface area (Å²) in [5.74, 6) is 0.122. The number of aliphatic hydroxyl groups is 2. The molecule has 256 valence electrons. The number of para-hydroxylation sites is 1. The van der Waals surface area contributed by atoms with Crippen molar-refractivity contribution in [3.05, 3.63) is 95.8 Å². The average molecular weight is 683 g/mol. The van der Waals surface area contributed by atoms with Gasteiger partial charge in [-0.2, -0.15) is 0 Å². The Hall–Kier alpha value is -4.75. The Bertz CT molecular complexity index is 1890. The molecule has 1 aliphatic heterocycles. The topological polar surface area (TPSA) is 141 Å². The molecule has 0 aliphatic carbocycles. The molecule has 0 spiro atoms. The number of aliphatic hydroxyl groups excluding tert-OH is 2. The van der Waals surface area contributed by atoms with Crippen LogP contribution in [0, 0.1) is 0 Å².